The molecular weight excluding hydrogens is 276 g/mol. The first-order chi connectivity index (χ1) is 10.1. The summed E-state index contributed by atoms with van der Waals surface area (Å²) in [6.07, 6.45) is 0. The highest BCUT2D eigenvalue weighted by Gasteiger charge is 2.12. The maximum atomic E-state index is 10.2. The van der Waals surface area contributed by atoms with Gasteiger partial charge in [-0.15, -0.1) is 0 Å². The lowest BCUT2D eigenvalue weighted by atomic mass is 9.93. The van der Waals surface area contributed by atoms with E-state index >= 15 is 0 Å². The Morgan fingerprint density at radius 2 is 1.05 bits per heavy atom. The lowest BCUT2D eigenvalue weighted by Crippen LogP contribution is -1.86. The Morgan fingerprint density at radius 3 is 1.59 bits per heavy atom. The van der Waals surface area contributed by atoms with Crippen LogP contribution in [0.3, 0.4) is 0 Å². The summed E-state index contributed by atoms with van der Waals surface area (Å²) in [6.45, 7) is 0. The van der Waals surface area contributed by atoms with Crippen LogP contribution in [-0.4, -0.2) is 15.3 Å². The van der Waals surface area contributed by atoms with E-state index in [9.17, 15) is 15.3 Å². The van der Waals surface area contributed by atoms with Gasteiger partial charge in [-0.2, -0.15) is 0 Å². The van der Waals surface area contributed by atoms with Crippen molar-refractivity contribution in [2.45, 2.75) is 7.43 Å². The summed E-state index contributed by atoms with van der Waals surface area (Å²) in [4.78, 5) is 0. The van der Waals surface area contributed by atoms with Crippen molar-refractivity contribution in [2.24, 2.45) is 0 Å². The average Bonchev–Trinajstić information content (AvgIpc) is 2.49. The van der Waals surface area contributed by atoms with E-state index in [0.717, 1.165) is 16.7 Å². The molecule has 3 aromatic rings. The second kappa shape index (κ2) is 6.22. The molecule has 0 saturated carbocycles. The third-order valence-electron chi connectivity index (χ3n) is 3.38. The Bertz CT molecular complexity index is 760. The van der Waals surface area contributed by atoms with E-state index in [-0.39, 0.29) is 24.7 Å². The zero-order valence-electron chi connectivity index (χ0n) is 11.2. The third-order valence-corrected chi connectivity index (χ3v) is 3.38. The van der Waals surface area contributed by atoms with E-state index in [1.807, 2.05) is 6.07 Å². The number of benzene rings is 3. The van der Waals surface area contributed by atoms with Crippen molar-refractivity contribution < 1.29 is 15.3 Å². The van der Waals surface area contributed by atoms with Crippen molar-refractivity contribution >= 4 is 0 Å². The molecule has 0 aliphatic carbocycles. The molecule has 112 valence electrons. The third kappa shape index (κ3) is 2.88. The summed E-state index contributed by atoms with van der Waals surface area (Å²) in [5.41, 5.74) is 3.27. The average molecular weight is 294 g/mol. The molecule has 0 aliphatic heterocycles. The van der Waals surface area contributed by atoms with Gasteiger partial charge in [0.2, 0.25) is 0 Å². The predicted octanol–water partition coefficient (Wildman–Crippen LogP) is 4.77. The molecule has 0 heterocycles. The van der Waals surface area contributed by atoms with Crippen molar-refractivity contribution in [3.8, 4) is 39.5 Å². The minimum Gasteiger partial charge on any atom is -0.508 e. The number of rotatable bonds is 2. The van der Waals surface area contributed by atoms with Crippen LogP contribution in [0.15, 0.2) is 66.7 Å². The molecule has 0 aliphatic rings. The van der Waals surface area contributed by atoms with Crippen molar-refractivity contribution in [1.29, 1.82) is 0 Å². The molecule has 3 heteroatoms. The van der Waals surface area contributed by atoms with Crippen molar-refractivity contribution in [3.05, 3.63) is 66.7 Å². The smallest absolute Gasteiger partial charge is 0.124 e. The summed E-state index contributed by atoms with van der Waals surface area (Å²) < 4.78 is 0. The van der Waals surface area contributed by atoms with Crippen molar-refractivity contribution in [3.63, 3.8) is 0 Å². The van der Waals surface area contributed by atoms with Gasteiger partial charge >= 0.3 is 0 Å². The van der Waals surface area contributed by atoms with Gasteiger partial charge in [0.1, 0.15) is 17.2 Å². The van der Waals surface area contributed by atoms with Crippen LogP contribution < -0.4 is 0 Å². The van der Waals surface area contributed by atoms with Crippen molar-refractivity contribution in [1.82, 2.24) is 0 Å². The van der Waals surface area contributed by atoms with Crippen LogP contribution in [-0.2, 0) is 0 Å². The van der Waals surface area contributed by atoms with Gasteiger partial charge in [-0.25, -0.2) is 0 Å². The van der Waals surface area contributed by atoms with E-state index in [2.05, 4.69) is 0 Å². The zero-order chi connectivity index (χ0) is 14.8. The first-order valence-corrected chi connectivity index (χ1v) is 6.56. The van der Waals surface area contributed by atoms with Gasteiger partial charge in [0, 0.05) is 5.56 Å². The standard InChI is InChI=1S/C18H14O3.CH4/c19-14-8-4-12(5-9-14)16-2-1-3-17(21)18(16)13-6-10-15(20)11-7-13;/h1-11,19-21H;1H4. The van der Waals surface area contributed by atoms with Crippen LogP contribution >= 0.6 is 0 Å². The molecule has 3 N–H and O–H groups in total. The van der Waals surface area contributed by atoms with Crippen LogP contribution in [0.25, 0.3) is 22.3 Å². The number of phenolic OH excluding ortho intramolecular Hbond substituents is 3. The lowest BCUT2D eigenvalue weighted by Gasteiger charge is -2.12. The predicted molar refractivity (Wildman–Crippen MR) is 89.0 cm³/mol. The number of hydrogen-bond donors (Lipinski definition) is 3. The molecule has 0 radical (unpaired) electrons. The Kier molecular flexibility index (Phi) is 4.37. The van der Waals surface area contributed by atoms with Gasteiger partial charge < -0.3 is 15.3 Å². The van der Waals surface area contributed by atoms with Gasteiger partial charge in [-0.05, 0) is 47.0 Å². The Balaban J connectivity index is 0.00000176. The highest BCUT2D eigenvalue weighted by Crippen LogP contribution is 2.39. The first-order valence-electron chi connectivity index (χ1n) is 6.56. The van der Waals surface area contributed by atoms with Crippen LogP contribution in [0.1, 0.15) is 7.43 Å². The maximum Gasteiger partial charge on any atom is 0.124 e. The van der Waals surface area contributed by atoms with Gasteiger partial charge in [-0.3, -0.25) is 0 Å². The van der Waals surface area contributed by atoms with E-state index in [1.165, 1.54) is 0 Å². The summed E-state index contributed by atoms with van der Waals surface area (Å²) in [5, 5.41) is 29.0. The largest absolute Gasteiger partial charge is 0.508 e. The fraction of sp³-hybridized carbons (Fsp3) is 0.0526. The van der Waals surface area contributed by atoms with Crippen LogP contribution in [0, 0.1) is 0 Å². The minimum atomic E-state index is 0. The quantitative estimate of drug-likeness (QED) is 0.638. The van der Waals surface area contributed by atoms with Gasteiger partial charge in [0.15, 0.2) is 0 Å². The molecule has 3 rings (SSSR count). The van der Waals surface area contributed by atoms with E-state index < -0.39 is 0 Å². The Hall–Kier alpha value is -2.94. The maximum absolute atomic E-state index is 10.2. The van der Waals surface area contributed by atoms with E-state index in [4.69, 9.17) is 0 Å². The molecule has 22 heavy (non-hydrogen) atoms. The van der Waals surface area contributed by atoms with Gasteiger partial charge in [0.25, 0.3) is 0 Å². The highest BCUT2D eigenvalue weighted by atomic mass is 16.3. The fourth-order valence-corrected chi connectivity index (χ4v) is 2.35. The van der Waals surface area contributed by atoms with Gasteiger partial charge in [-0.1, -0.05) is 43.8 Å². The van der Waals surface area contributed by atoms with Crippen LogP contribution in [0.4, 0.5) is 0 Å². The summed E-state index contributed by atoms with van der Waals surface area (Å²) in [5.74, 6) is 0.553. The monoisotopic (exact) mass is 294 g/mol. The number of hydrogen-bond acceptors (Lipinski definition) is 3. The second-order valence-corrected chi connectivity index (χ2v) is 4.79. The summed E-state index contributed by atoms with van der Waals surface area (Å²) in [6, 6.07) is 18.8. The van der Waals surface area contributed by atoms with Crippen molar-refractivity contribution in [2.75, 3.05) is 0 Å². The fourth-order valence-electron chi connectivity index (χ4n) is 2.35. The minimum absolute atomic E-state index is 0. The molecule has 0 amide bonds. The van der Waals surface area contributed by atoms with Gasteiger partial charge in [0.05, 0.1) is 0 Å². The molecule has 0 fully saturated rings. The highest BCUT2D eigenvalue weighted by molar-refractivity contribution is 5.87. The molecule has 3 nitrogen and oxygen atoms in total. The molecule has 0 atom stereocenters. The molecule has 0 unspecified atom stereocenters. The van der Waals surface area contributed by atoms with E-state index in [1.54, 1.807) is 60.7 Å². The Morgan fingerprint density at radius 1 is 0.545 bits per heavy atom. The first kappa shape index (κ1) is 15.4. The zero-order valence-corrected chi connectivity index (χ0v) is 11.2. The summed E-state index contributed by atoms with van der Waals surface area (Å²) in [7, 11) is 0. The molecule has 0 aromatic heterocycles. The lowest BCUT2D eigenvalue weighted by molar-refractivity contribution is 0.474. The second-order valence-electron chi connectivity index (χ2n) is 4.79. The van der Waals surface area contributed by atoms with Crippen LogP contribution in [0.5, 0.6) is 17.2 Å². The molecule has 0 saturated heterocycles. The topological polar surface area (TPSA) is 60.7 Å². The number of aromatic hydroxyl groups is 3. The SMILES string of the molecule is C.Oc1ccc(-c2cccc(O)c2-c2ccc(O)cc2)cc1. The Labute approximate surface area is 129 Å². The summed E-state index contributed by atoms with van der Waals surface area (Å²) >= 11 is 0. The van der Waals surface area contributed by atoms with E-state index in [0.29, 0.717) is 5.56 Å². The molecule has 0 bridgehead atoms. The number of phenols is 3. The normalized spacial score (nSPS) is 10.0. The molecule has 0 spiro atoms. The molecular formula is C19H18O3. The van der Waals surface area contributed by atoms with Crippen LogP contribution in [0.2, 0.25) is 0 Å². The molecule has 3 aromatic carbocycles.